The lowest BCUT2D eigenvalue weighted by atomic mass is 10.0. The molecule has 1 aromatic rings. The Morgan fingerprint density at radius 2 is 2.12 bits per heavy atom. The van der Waals surface area contributed by atoms with Gasteiger partial charge in [0.2, 0.25) is 0 Å². The summed E-state index contributed by atoms with van der Waals surface area (Å²) in [5.41, 5.74) is 7.29. The lowest BCUT2D eigenvalue weighted by Gasteiger charge is -2.15. The van der Waals surface area contributed by atoms with Gasteiger partial charge in [0.15, 0.2) is 0 Å². The van der Waals surface area contributed by atoms with Crippen molar-refractivity contribution in [3.05, 3.63) is 29.8 Å². The van der Waals surface area contributed by atoms with Crippen LogP contribution in [-0.2, 0) is 0 Å². The Bertz CT molecular complexity index is 410. The van der Waals surface area contributed by atoms with Crippen molar-refractivity contribution < 1.29 is 4.79 Å². The number of hydrogen-bond acceptors (Lipinski definition) is 2. The molecule has 0 unspecified atom stereocenters. The number of rotatable bonds is 5. The van der Waals surface area contributed by atoms with Crippen molar-refractivity contribution in [3.8, 4) is 0 Å². The first-order valence-corrected chi connectivity index (χ1v) is 6.30. The van der Waals surface area contributed by atoms with E-state index >= 15 is 0 Å². The molecule has 3 heteroatoms. The van der Waals surface area contributed by atoms with Gasteiger partial charge in [0, 0.05) is 12.2 Å². The van der Waals surface area contributed by atoms with E-state index in [-0.39, 0.29) is 5.91 Å². The minimum atomic E-state index is -0.0505. The van der Waals surface area contributed by atoms with E-state index in [0.29, 0.717) is 16.7 Å². The zero-order chi connectivity index (χ0) is 12.3. The predicted molar refractivity (Wildman–Crippen MR) is 69.8 cm³/mol. The van der Waals surface area contributed by atoms with Crippen LogP contribution < -0.4 is 11.1 Å². The maximum Gasteiger partial charge on any atom is 0.253 e. The Kier molecular flexibility index (Phi) is 3.36. The topological polar surface area (TPSA) is 55.1 Å². The minimum absolute atomic E-state index is 0.0505. The van der Waals surface area contributed by atoms with E-state index in [1.807, 2.05) is 12.1 Å². The van der Waals surface area contributed by atoms with Gasteiger partial charge in [0.25, 0.3) is 5.91 Å². The molecule has 1 aliphatic carbocycles. The molecule has 92 valence electrons. The van der Waals surface area contributed by atoms with Crippen LogP contribution in [0.25, 0.3) is 0 Å². The fraction of sp³-hybridized carbons (Fsp3) is 0.500. The fourth-order valence-corrected chi connectivity index (χ4v) is 2.29. The van der Waals surface area contributed by atoms with Gasteiger partial charge in [-0.05, 0) is 36.8 Å². The van der Waals surface area contributed by atoms with Crippen LogP contribution in [0.5, 0.6) is 0 Å². The second-order valence-electron chi connectivity index (χ2n) is 5.02. The van der Waals surface area contributed by atoms with Crippen molar-refractivity contribution in [2.24, 2.45) is 5.41 Å². The molecular weight excluding hydrogens is 212 g/mol. The zero-order valence-corrected chi connectivity index (χ0v) is 10.3. The third-order valence-corrected chi connectivity index (χ3v) is 3.57. The van der Waals surface area contributed by atoms with Gasteiger partial charge in [-0.15, -0.1) is 0 Å². The van der Waals surface area contributed by atoms with Crippen LogP contribution in [-0.4, -0.2) is 12.5 Å². The number of para-hydroxylation sites is 1. The van der Waals surface area contributed by atoms with Gasteiger partial charge in [0.1, 0.15) is 0 Å². The van der Waals surface area contributed by atoms with Gasteiger partial charge in [-0.2, -0.15) is 0 Å². The number of nitrogen functional groups attached to an aromatic ring is 1. The van der Waals surface area contributed by atoms with Crippen molar-refractivity contribution in [2.75, 3.05) is 12.3 Å². The highest BCUT2D eigenvalue weighted by Crippen LogP contribution is 2.48. The summed E-state index contributed by atoms with van der Waals surface area (Å²) in [5, 5.41) is 3.01. The Morgan fingerprint density at radius 3 is 2.71 bits per heavy atom. The number of anilines is 1. The second kappa shape index (κ2) is 4.78. The molecular formula is C14H20N2O. The molecule has 0 aliphatic heterocycles. The molecule has 1 amide bonds. The normalized spacial score (nSPS) is 16.5. The minimum Gasteiger partial charge on any atom is -0.398 e. The molecule has 0 saturated heterocycles. The molecule has 1 fully saturated rings. The molecule has 0 atom stereocenters. The summed E-state index contributed by atoms with van der Waals surface area (Å²) < 4.78 is 0. The number of nitrogens with two attached hydrogens (primary N) is 1. The van der Waals surface area contributed by atoms with E-state index in [4.69, 9.17) is 5.73 Å². The first-order valence-electron chi connectivity index (χ1n) is 6.30. The monoisotopic (exact) mass is 232 g/mol. The predicted octanol–water partition coefficient (Wildman–Crippen LogP) is 2.58. The number of carbonyl (C=O) groups excluding carboxylic acids is 1. The van der Waals surface area contributed by atoms with Crippen LogP contribution in [0.2, 0.25) is 0 Å². The van der Waals surface area contributed by atoms with E-state index in [0.717, 1.165) is 6.54 Å². The number of carbonyl (C=O) groups is 1. The Labute approximate surface area is 102 Å². The second-order valence-corrected chi connectivity index (χ2v) is 5.02. The molecule has 0 radical (unpaired) electrons. The lowest BCUT2D eigenvalue weighted by molar-refractivity contribution is 0.0944. The van der Waals surface area contributed by atoms with Crippen molar-refractivity contribution in [1.29, 1.82) is 0 Å². The molecule has 2 rings (SSSR count). The van der Waals surface area contributed by atoms with E-state index in [9.17, 15) is 4.79 Å². The highest BCUT2D eigenvalue weighted by atomic mass is 16.1. The van der Waals surface area contributed by atoms with Gasteiger partial charge >= 0.3 is 0 Å². The Morgan fingerprint density at radius 1 is 1.41 bits per heavy atom. The SMILES string of the molecule is CCCC1(CNC(=O)c2ccccc2N)CC1. The number of amides is 1. The summed E-state index contributed by atoms with van der Waals surface area (Å²) in [6.07, 6.45) is 4.87. The molecule has 1 saturated carbocycles. The van der Waals surface area contributed by atoms with Gasteiger partial charge in [-0.25, -0.2) is 0 Å². The van der Waals surface area contributed by atoms with E-state index in [1.54, 1.807) is 12.1 Å². The summed E-state index contributed by atoms with van der Waals surface area (Å²) >= 11 is 0. The smallest absolute Gasteiger partial charge is 0.253 e. The molecule has 0 heterocycles. The summed E-state index contributed by atoms with van der Waals surface area (Å²) in [6, 6.07) is 7.20. The molecule has 0 spiro atoms. The molecule has 3 nitrogen and oxygen atoms in total. The van der Waals surface area contributed by atoms with Gasteiger partial charge in [-0.3, -0.25) is 4.79 Å². The number of nitrogens with one attached hydrogen (secondary N) is 1. The van der Waals surface area contributed by atoms with E-state index in [2.05, 4.69) is 12.2 Å². The first kappa shape index (κ1) is 12.0. The standard InChI is InChI=1S/C14H20N2O/c1-2-7-14(8-9-14)10-16-13(17)11-5-3-4-6-12(11)15/h3-6H,2,7-10,15H2,1H3,(H,16,17). The molecule has 1 aromatic carbocycles. The summed E-state index contributed by atoms with van der Waals surface area (Å²) in [4.78, 5) is 12.0. The van der Waals surface area contributed by atoms with Gasteiger partial charge in [-0.1, -0.05) is 25.5 Å². The van der Waals surface area contributed by atoms with Crippen LogP contribution in [0.15, 0.2) is 24.3 Å². The maximum absolute atomic E-state index is 12.0. The number of hydrogen-bond donors (Lipinski definition) is 2. The molecule has 1 aliphatic rings. The third kappa shape index (κ3) is 2.78. The molecule has 17 heavy (non-hydrogen) atoms. The summed E-state index contributed by atoms with van der Waals surface area (Å²) in [7, 11) is 0. The molecule has 0 bridgehead atoms. The maximum atomic E-state index is 12.0. The highest BCUT2D eigenvalue weighted by molar-refractivity contribution is 5.99. The van der Waals surface area contributed by atoms with E-state index in [1.165, 1.54) is 25.7 Å². The van der Waals surface area contributed by atoms with Crippen LogP contribution in [0.4, 0.5) is 5.69 Å². The quantitative estimate of drug-likeness (QED) is 0.767. The average Bonchev–Trinajstić information content (AvgIpc) is 3.08. The van der Waals surface area contributed by atoms with Crippen molar-refractivity contribution >= 4 is 11.6 Å². The van der Waals surface area contributed by atoms with E-state index < -0.39 is 0 Å². The largest absolute Gasteiger partial charge is 0.398 e. The average molecular weight is 232 g/mol. The van der Waals surface area contributed by atoms with Crippen LogP contribution in [0.3, 0.4) is 0 Å². The van der Waals surface area contributed by atoms with Crippen LogP contribution in [0, 0.1) is 5.41 Å². The third-order valence-electron chi connectivity index (χ3n) is 3.57. The molecule has 0 aromatic heterocycles. The van der Waals surface area contributed by atoms with Crippen LogP contribution >= 0.6 is 0 Å². The first-order chi connectivity index (χ1) is 8.17. The van der Waals surface area contributed by atoms with Crippen LogP contribution in [0.1, 0.15) is 43.0 Å². The van der Waals surface area contributed by atoms with Crippen molar-refractivity contribution in [1.82, 2.24) is 5.32 Å². The van der Waals surface area contributed by atoms with Gasteiger partial charge < -0.3 is 11.1 Å². The highest BCUT2D eigenvalue weighted by Gasteiger charge is 2.41. The molecule has 3 N–H and O–H groups in total. The van der Waals surface area contributed by atoms with Gasteiger partial charge in [0.05, 0.1) is 5.56 Å². The zero-order valence-electron chi connectivity index (χ0n) is 10.3. The number of benzene rings is 1. The Hall–Kier alpha value is -1.51. The summed E-state index contributed by atoms with van der Waals surface area (Å²) in [6.45, 7) is 2.98. The fourth-order valence-electron chi connectivity index (χ4n) is 2.29. The van der Waals surface area contributed by atoms with Crippen molar-refractivity contribution in [3.63, 3.8) is 0 Å². The lowest BCUT2D eigenvalue weighted by Crippen LogP contribution is -2.30. The summed E-state index contributed by atoms with van der Waals surface area (Å²) in [5.74, 6) is -0.0505. The Balaban J connectivity index is 1.92. The van der Waals surface area contributed by atoms with Crippen molar-refractivity contribution in [2.45, 2.75) is 32.6 Å².